The van der Waals surface area contributed by atoms with Gasteiger partial charge in [-0.3, -0.25) is 9.59 Å². The topological polar surface area (TPSA) is 87.7 Å². The van der Waals surface area contributed by atoms with E-state index in [0.29, 0.717) is 26.1 Å². The van der Waals surface area contributed by atoms with Crippen molar-refractivity contribution in [3.63, 3.8) is 0 Å². The summed E-state index contributed by atoms with van der Waals surface area (Å²) in [6.45, 7) is 7.48. The molecule has 0 spiro atoms. The first-order chi connectivity index (χ1) is 13.2. The molecule has 1 aliphatic rings. The second-order valence-electron chi connectivity index (χ2n) is 8.72. The van der Waals surface area contributed by atoms with Crippen LogP contribution in [0.3, 0.4) is 0 Å². The van der Waals surface area contributed by atoms with Crippen LogP contribution < -0.4 is 10.6 Å². The van der Waals surface area contributed by atoms with Crippen LogP contribution >= 0.6 is 0 Å². The lowest BCUT2D eigenvalue weighted by molar-refractivity contribution is -0.128. The van der Waals surface area contributed by atoms with Gasteiger partial charge in [0.1, 0.15) is 5.60 Å². The molecule has 1 unspecified atom stereocenters. The smallest absolute Gasteiger partial charge is 0.407 e. The lowest BCUT2D eigenvalue weighted by Gasteiger charge is -2.19. The van der Waals surface area contributed by atoms with Crippen LogP contribution in [0.15, 0.2) is 0 Å². The minimum absolute atomic E-state index is 0.0118. The van der Waals surface area contributed by atoms with Crippen molar-refractivity contribution in [1.82, 2.24) is 15.5 Å². The molecule has 3 amide bonds. The maximum absolute atomic E-state index is 12.0. The minimum Gasteiger partial charge on any atom is -0.444 e. The van der Waals surface area contributed by atoms with Gasteiger partial charge < -0.3 is 20.3 Å². The van der Waals surface area contributed by atoms with Crippen molar-refractivity contribution >= 4 is 17.9 Å². The molecule has 0 saturated carbocycles. The SMILES string of the molecule is CN1CC(C(=O)NCCCCCCCCCCNC(=O)OC(C)(C)C)CC1=O. The lowest BCUT2D eigenvalue weighted by atomic mass is 10.1. The first-order valence-electron chi connectivity index (χ1n) is 10.7. The van der Waals surface area contributed by atoms with E-state index in [9.17, 15) is 14.4 Å². The van der Waals surface area contributed by atoms with Crippen molar-refractivity contribution in [2.24, 2.45) is 5.92 Å². The molecule has 0 radical (unpaired) electrons. The number of carbonyl (C=O) groups excluding carboxylic acids is 3. The predicted molar refractivity (Wildman–Crippen MR) is 110 cm³/mol. The van der Waals surface area contributed by atoms with E-state index in [1.807, 2.05) is 20.8 Å². The average Bonchev–Trinajstić information content (AvgIpc) is 2.93. The largest absolute Gasteiger partial charge is 0.444 e. The van der Waals surface area contributed by atoms with Gasteiger partial charge in [0, 0.05) is 33.1 Å². The number of likely N-dealkylation sites (tertiary alicyclic amines) is 1. The second-order valence-corrected chi connectivity index (χ2v) is 8.72. The Balaban J connectivity index is 1.85. The van der Waals surface area contributed by atoms with Gasteiger partial charge in [0.25, 0.3) is 0 Å². The molecule has 162 valence electrons. The normalized spacial score (nSPS) is 16.9. The molecule has 1 heterocycles. The molecular weight excluding hydrogens is 358 g/mol. The molecule has 1 saturated heterocycles. The minimum atomic E-state index is -0.445. The number of rotatable bonds is 12. The van der Waals surface area contributed by atoms with Gasteiger partial charge in [-0.2, -0.15) is 0 Å². The van der Waals surface area contributed by atoms with Crippen LogP contribution in [0.25, 0.3) is 0 Å². The summed E-state index contributed by atoms with van der Waals surface area (Å²) in [5.74, 6) is -0.110. The van der Waals surface area contributed by atoms with Gasteiger partial charge in [-0.1, -0.05) is 38.5 Å². The van der Waals surface area contributed by atoms with E-state index < -0.39 is 5.60 Å². The Kier molecular flexibility index (Phi) is 10.9. The molecule has 1 atom stereocenters. The number of carbonyl (C=O) groups is 3. The zero-order chi connectivity index (χ0) is 21.0. The molecule has 28 heavy (non-hydrogen) atoms. The van der Waals surface area contributed by atoms with Crippen LogP contribution in [0.1, 0.15) is 78.6 Å². The number of alkyl carbamates (subject to hydrolysis) is 1. The maximum atomic E-state index is 12.0. The van der Waals surface area contributed by atoms with Crippen molar-refractivity contribution in [3.05, 3.63) is 0 Å². The number of unbranched alkanes of at least 4 members (excludes halogenated alkanes) is 7. The van der Waals surface area contributed by atoms with Crippen molar-refractivity contribution in [3.8, 4) is 0 Å². The summed E-state index contributed by atoms with van der Waals surface area (Å²) in [5, 5.41) is 5.73. The van der Waals surface area contributed by atoms with Crippen LogP contribution in [-0.2, 0) is 14.3 Å². The van der Waals surface area contributed by atoms with Crippen molar-refractivity contribution in [1.29, 1.82) is 0 Å². The molecule has 0 aromatic carbocycles. The van der Waals surface area contributed by atoms with Crippen LogP contribution in [0.5, 0.6) is 0 Å². The summed E-state index contributed by atoms with van der Waals surface area (Å²) in [6.07, 6.45) is 8.95. The van der Waals surface area contributed by atoms with Crippen molar-refractivity contribution in [2.75, 3.05) is 26.7 Å². The van der Waals surface area contributed by atoms with Gasteiger partial charge in [-0.25, -0.2) is 4.79 Å². The average molecular weight is 398 g/mol. The molecule has 0 aromatic heterocycles. The van der Waals surface area contributed by atoms with Crippen molar-refractivity contribution in [2.45, 2.75) is 84.2 Å². The molecule has 0 aliphatic carbocycles. The highest BCUT2D eigenvalue weighted by Gasteiger charge is 2.31. The van der Waals surface area contributed by atoms with Crippen LogP contribution in [0, 0.1) is 5.92 Å². The quantitative estimate of drug-likeness (QED) is 0.495. The Morgan fingerprint density at radius 3 is 1.93 bits per heavy atom. The predicted octanol–water partition coefficient (Wildman–Crippen LogP) is 3.23. The Labute approximate surface area is 169 Å². The number of hydrogen-bond acceptors (Lipinski definition) is 4. The number of ether oxygens (including phenoxy) is 1. The van der Waals surface area contributed by atoms with E-state index in [0.717, 1.165) is 25.7 Å². The summed E-state index contributed by atoms with van der Waals surface area (Å²) in [4.78, 5) is 36.5. The number of nitrogens with zero attached hydrogens (tertiary/aromatic N) is 1. The zero-order valence-corrected chi connectivity index (χ0v) is 18.1. The van der Waals surface area contributed by atoms with E-state index in [1.165, 1.54) is 25.7 Å². The number of hydrogen-bond donors (Lipinski definition) is 2. The summed E-state index contributed by atoms with van der Waals surface area (Å²) in [6, 6.07) is 0. The van der Waals surface area contributed by atoms with E-state index in [4.69, 9.17) is 4.74 Å². The molecule has 2 N–H and O–H groups in total. The lowest BCUT2D eigenvalue weighted by Crippen LogP contribution is -2.32. The van der Waals surface area contributed by atoms with Crippen LogP contribution in [0.4, 0.5) is 4.79 Å². The molecule has 0 bridgehead atoms. The summed E-state index contributed by atoms with van der Waals surface area (Å²) >= 11 is 0. The van der Waals surface area contributed by atoms with Crippen LogP contribution in [-0.4, -0.2) is 55.1 Å². The third kappa shape index (κ3) is 11.1. The highest BCUT2D eigenvalue weighted by molar-refractivity contribution is 5.89. The first-order valence-corrected chi connectivity index (χ1v) is 10.7. The Hall–Kier alpha value is -1.79. The summed E-state index contributed by atoms with van der Waals surface area (Å²) in [7, 11) is 1.74. The molecule has 7 heteroatoms. The zero-order valence-electron chi connectivity index (χ0n) is 18.1. The third-order valence-electron chi connectivity index (χ3n) is 4.78. The third-order valence-corrected chi connectivity index (χ3v) is 4.78. The highest BCUT2D eigenvalue weighted by atomic mass is 16.6. The first kappa shape index (κ1) is 24.2. The van der Waals surface area contributed by atoms with E-state index in [1.54, 1.807) is 11.9 Å². The standard InChI is InChI=1S/C21H39N3O4/c1-21(2,3)28-20(27)23-14-12-10-8-6-5-7-9-11-13-22-19(26)17-15-18(25)24(4)16-17/h17H,5-16H2,1-4H3,(H,22,26)(H,23,27). The summed E-state index contributed by atoms with van der Waals surface area (Å²) in [5.41, 5.74) is -0.445. The molecule has 1 rings (SSSR count). The van der Waals surface area contributed by atoms with E-state index >= 15 is 0 Å². The maximum Gasteiger partial charge on any atom is 0.407 e. The monoisotopic (exact) mass is 397 g/mol. The fourth-order valence-corrected chi connectivity index (χ4v) is 3.21. The number of nitrogens with one attached hydrogen (secondary N) is 2. The molecule has 7 nitrogen and oxygen atoms in total. The van der Waals surface area contributed by atoms with E-state index in [2.05, 4.69) is 10.6 Å². The van der Waals surface area contributed by atoms with Gasteiger partial charge in [0.15, 0.2) is 0 Å². The van der Waals surface area contributed by atoms with Gasteiger partial charge in [0.05, 0.1) is 5.92 Å². The van der Waals surface area contributed by atoms with Gasteiger partial charge >= 0.3 is 6.09 Å². The summed E-state index contributed by atoms with van der Waals surface area (Å²) < 4.78 is 5.19. The van der Waals surface area contributed by atoms with E-state index in [-0.39, 0.29) is 23.8 Å². The van der Waals surface area contributed by atoms with Gasteiger partial charge in [-0.15, -0.1) is 0 Å². The molecular formula is C21H39N3O4. The molecule has 1 aliphatic heterocycles. The number of amides is 3. The molecule has 1 fully saturated rings. The van der Waals surface area contributed by atoms with Gasteiger partial charge in [-0.05, 0) is 33.6 Å². The fourth-order valence-electron chi connectivity index (χ4n) is 3.21. The van der Waals surface area contributed by atoms with Gasteiger partial charge in [0.2, 0.25) is 11.8 Å². The Morgan fingerprint density at radius 2 is 1.46 bits per heavy atom. The van der Waals surface area contributed by atoms with Crippen molar-refractivity contribution < 1.29 is 19.1 Å². The Morgan fingerprint density at radius 1 is 0.964 bits per heavy atom. The Bertz CT molecular complexity index is 502. The van der Waals surface area contributed by atoms with Crippen LogP contribution in [0.2, 0.25) is 0 Å². The highest BCUT2D eigenvalue weighted by Crippen LogP contribution is 2.16. The second kappa shape index (κ2) is 12.6. The fraction of sp³-hybridized carbons (Fsp3) is 0.857. The molecule has 0 aromatic rings.